The van der Waals surface area contributed by atoms with E-state index >= 15 is 0 Å². The van der Waals surface area contributed by atoms with Crippen LogP contribution in [0.3, 0.4) is 0 Å². The first-order chi connectivity index (χ1) is 10.3. The molecule has 2 aliphatic heterocycles. The van der Waals surface area contributed by atoms with E-state index in [1.807, 2.05) is 6.07 Å². The Bertz CT molecular complexity index is 672. The Morgan fingerprint density at radius 2 is 2.38 bits per heavy atom. The number of hydrogen-bond acceptors (Lipinski definition) is 5. The summed E-state index contributed by atoms with van der Waals surface area (Å²) >= 11 is 1.75. The van der Waals surface area contributed by atoms with E-state index in [9.17, 15) is 0 Å². The molecule has 0 radical (unpaired) electrons. The van der Waals surface area contributed by atoms with E-state index < -0.39 is 0 Å². The fraction of sp³-hybridized carbons (Fsp3) is 0.467. The molecule has 1 unspecified atom stereocenters. The van der Waals surface area contributed by atoms with Crippen molar-refractivity contribution < 1.29 is 9.57 Å². The standard InChI is InChI=1S/C15H19N3O2S/c1-19-9-2-3-13-11(6-9)10-4-5-18-15(14(10)17-13)12(16)7-21-8-20-18/h2-3,6,12,15,17H,4-5,7-8,16H2,1H3/t12?,15-/m0/s1. The number of nitrogens with zero attached hydrogens (tertiary/aromatic N) is 1. The van der Waals surface area contributed by atoms with Gasteiger partial charge in [0.25, 0.3) is 0 Å². The molecule has 0 bridgehead atoms. The van der Waals surface area contributed by atoms with Crippen molar-refractivity contribution in [2.75, 3.05) is 25.3 Å². The van der Waals surface area contributed by atoms with Crippen LogP contribution < -0.4 is 10.5 Å². The Hall–Kier alpha value is -1.21. The van der Waals surface area contributed by atoms with E-state index in [0.29, 0.717) is 5.94 Å². The minimum absolute atomic E-state index is 0.0755. The van der Waals surface area contributed by atoms with Crippen molar-refractivity contribution in [3.8, 4) is 5.75 Å². The minimum Gasteiger partial charge on any atom is -0.497 e. The maximum absolute atomic E-state index is 6.39. The summed E-state index contributed by atoms with van der Waals surface area (Å²) in [6.45, 7) is 0.885. The zero-order valence-corrected chi connectivity index (χ0v) is 12.8. The summed E-state index contributed by atoms with van der Waals surface area (Å²) in [5.74, 6) is 2.50. The fourth-order valence-corrected chi connectivity index (χ4v) is 4.11. The van der Waals surface area contributed by atoms with Gasteiger partial charge in [-0.25, -0.2) is 0 Å². The smallest absolute Gasteiger partial charge is 0.119 e. The van der Waals surface area contributed by atoms with Crippen LogP contribution in [0, 0.1) is 0 Å². The van der Waals surface area contributed by atoms with Gasteiger partial charge in [0.05, 0.1) is 13.2 Å². The molecule has 5 nitrogen and oxygen atoms in total. The van der Waals surface area contributed by atoms with Crippen molar-refractivity contribution in [2.45, 2.75) is 18.5 Å². The number of thioether (sulfide) groups is 1. The van der Waals surface area contributed by atoms with E-state index in [2.05, 4.69) is 22.2 Å². The third-order valence-electron chi connectivity index (χ3n) is 4.35. The average molecular weight is 305 g/mol. The normalized spacial score (nSPS) is 26.2. The lowest BCUT2D eigenvalue weighted by molar-refractivity contribution is -0.175. The van der Waals surface area contributed by atoms with Gasteiger partial charge in [-0.15, -0.1) is 11.8 Å². The number of nitrogens with one attached hydrogen (secondary N) is 1. The molecule has 1 aromatic carbocycles. The predicted octanol–water partition coefficient (Wildman–Crippen LogP) is 2.04. The number of ether oxygens (including phenoxy) is 1. The highest BCUT2D eigenvalue weighted by atomic mass is 32.2. The molecule has 3 N–H and O–H groups in total. The summed E-state index contributed by atoms with van der Waals surface area (Å²) in [5.41, 5.74) is 10.1. The van der Waals surface area contributed by atoms with Crippen LogP contribution in [-0.4, -0.2) is 41.4 Å². The van der Waals surface area contributed by atoms with Crippen LogP contribution in [-0.2, 0) is 11.3 Å². The maximum atomic E-state index is 6.39. The summed E-state index contributed by atoms with van der Waals surface area (Å²) in [6, 6.07) is 6.36. The highest BCUT2D eigenvalue weighted by molar-refractivity contribution is 7.99. The number of methoxy groups -OCH3 is 1. The molecule has 2 aromatic rings. The molecule has 0 saturated carbocycles. The summed E-state index contributed by atoms with van der Waals surface area (Å²) in [6.07, 6.45) is 0.969. The number of rotatable bonds is 1. The number of aromatic nitrogens is 1. The van der Waals surface area contributed by atoms with E-state index in [1.54, 1.807) is 18.9 Å². The summed E-state index contributed by atoms with van der Waals surface area (Å²) in [7, 11) is 1.70. The minimum atomic E-state index is 0.0755. The van der Waals surface area contributed by atoms with Gasteiger partial charge in [-0.05, 0) is 30.2 Å². The number of hydroxylamine groups is 2. The van der Waals surface area contributed by atoms with Crippen LogP contribution in [0.1, 0.15) is 17.3 Å². The van der Waals surface area contributed by atoms with Crippen LogP contribution in [0.15, 0.2) is 18.2 Å². The zero-order chi connectivity index (χ0) is 14.4. The Kier molecular flexibility index (Phi) is 3.34. The molecule has 1 aromatic heterocycles. The number of benzene rings is 1. The van der Waals surface area contributed by atoms with Crippen molar-refractivity contribution in [3.63, 3.8) is 0 Å². The van der Waals surface area contributed by atoms with Gasteiger partial charge in [-0.3, -0.25) is 4.84 Å². The van der Waals surface area contributed by atoms with Crippen LogP contribution in [0.4, 0.5) is 0 Å². The Morgan fingerprint density at radius 3 is 3.24 bits per heavy atom. The van der Waals surface area contributed by atoms with Crippen molar-refractivity contribution in [1.29, 1.82) is 0 Å². The van der Waals surface area contributed by atoms with Gasteiger partial charge < -0.3 is 15.5 Å². The predicted molar refractivity (Wildman–Crippen MR) is 84.4 cm³/mol. The van der Waals surface area contributed by atoms with Gasteiger partial charge in [0, 0.05) is 34.9 Å². The molecule has 112 valence electrons. The van der Waals surface area contributed by atoms with Gasteiger partial charge in [-0.1, -0.05) is 0 Å². The van der Waals surface area contributed by atoms with Crippen molar-refractivity contribution in [1.82, 2.24) is 10.0 Å². The molecule has 6 heteroatoms. The average Bonchev–Trinajstić information content (AvgIpc) is 2.77. The number of fused-ring (bicyclic) bond motifs is 5. The molecule has 2 aliphatic rings. The summed E-state index contributed by atoms with van der Waals surface area (Å²) in [5, 5.41) is 3.30. The monoisotopic (exact) mass is 305 g/mol. The summed E-state index contributed by atoms with van der Waals surface area (Å²) < 4.78 is 5.35. The molecule has 3 heterocycles. The Balaban J connectivity index is 1.85. The molecule has 4 rings (SSSR count). The van der Waals surface area contributed by atoms with Crippen molar-refractivity contribution >= 4 is 22.7 Å². The van der Waals surface area contributed by atoms with Gasteiger partial charge in [0.1, 0.15) is 11.7 Å². The first-order valence-electron chi connectivity index (χ1n) is 7.19. The van der Waals surface area contributed by atoms with Crippen molar-refractivity contribution in [2.24, 2.45) is 5.73 Å². The van der Waals surface area contributed by atoms with Crippen LogP contribution in [0.5, 0.6) is 5.75 Å². The third kappa shape index (κ3) is 2.14. The quantitative estimate of drug-likeness (QED) is 0.844. The molecule has 1 saturated heterocycles. The largest absolute Gasteiger partial charge is 0.497 e. The Labute approximate surface area is 127 Å². The van der Waals surface area contributed by atoms with E-state index in [4.69, 9.17) is 15.3 Å². The molecule has 1 fully saturated rings. The van der Waals surface area contributed by atoms with Gasteiger partial charge in [-0.2, -0.15) is 5.06 Å². The molecule has 0 aliphatic carbocycles. The second-order valence-corrected chi connectivity index (χ2v) is 6.52. The Morgan fingerprint density at radius 1 is 1.48 bits per heavy atom. The lowest BCUT2D eigenvalue weighted by Crippen LogP contribution is -2.44. The molecular formula is C15H19N3O2S. The van der Waals surface area contributed by atoms with E-state index in [-0.39, 0.29) is 12.1 Å². The first kappa shape index (κ1) is 13.5. The number of hydrogen-bond donors (Lipinski definition) is 2. The molecule has 21 heavy (non-hydrogen) atoms. The topological polar surface area (TPSA) is 63.5 Å². The summed E-state index contributed by atoms with van der Waals surface area (Å²) in [4.78, 5) is 9.40. The van der Waals surface area contributed by atoms with Gasteiger partial charge in [0.15, 0.2) is 0 Å². The van der Waals surface area contributed by atoms with Gasteiger partial charge >= 0.3 is 0 Å². The first-order valence-corrected chi connectivity index (χ1v) is 8.35. The molecular weight excluding hydrogens is 286 g/mol. The van der Waals surface area contributed by atoms with Gasteiger partial charge in [0.2, 0.25) is 0 Å². The fourth-order valence-electron chi connectivity index (χ4n) is 3.35. The molecule has 0 spiro atoms. The lowest BCUT2D eigenvalue weighted by Gasteiger charge is -2.35. The SMILES string of the molecule is COc1ccc2[nH]c3c(c2c1)CCN1OCSCC(N)[C@@H]31. The molecule has 0 amide bonds. The van der Waals surface area contributed by atoms with Crippen LogP contribution >= 0.6 is 11.8 Å². The van der Waals surface area contributed by atoms with Crippen LogP contribution in [0.2, 0.25) is 0 Å². The highest BCUT2D eigenvalue weighted by Crippen LogP contribution is 2.39. The van der Waals surface area contributed by atoms with E-state index in [1.165, 1.54) is 16.6 Å². The zero-order valence-electron chi connectivity index (χ0n) is 12.0. The molecule has 2 atom stereocenters. The second-order valence-electron chi connectivity index (χ2n) is 5.55. The van der Waals surface area contributed by atoms with E-state index in [0.717, 1.165) is 30.0 Å². The number of H-pyrrole nitrogens is 1. The second kappa shape index (κ2) is 5.21. The number of nitrogens with two attached hydrogens (primary N) is 1. The lowest BCUT2D eigenvalue weighted by atomic mass is 9.95. The number of aromatic amines is 1. The third-order valence-corrected chi connectivity index (χ3v) is 5.24. The van der Waals surface area contributed by atoms with Crippen molar-refractivity contribution in [3.05, 3.63) is 29.5 Å². The van der Waals surface area contributed by atoms with Crippen LogP contribution in [0.25, 0.3) is 10.9 Å². The maximum Gasteiger partial charge on any atom is 0.119 e. The highest BCUT2D eigenvalue weighted by Gasteiger charge is 2.36.